The van der Waals surface area contributed by atoms with E-state index in [0.717, 1.165) is 44.8 Å². The molecule has 3 nitrogen and oxygen atoms in total. The third-order valence-electron chi connectivity index (χ3n) is 4.35. The van der Waals surface area contributed by atoms with Gasteiger partial charge in [0.1, 0.15) is 6.29 Å². The molecular formula is C20H32O3. The van der Waals surface area contributed by atoms with Gasteiger partial charge < -0.3 is 14.6 Å². The van der Waals surface area contributed by atoms with Crippen LogP contribution in [0.5, 0.6) is 0 Å². The van der Waals surface area contributed by atoms with Crippen LogP contribution in [0.25, 0.3) is 0 Å². The summed E-state index contributed by atoms with van der Waals surface area (Å²) in [7, 11) is 0. The molecule has 23 heavy (non-hydrogen) atoms. The fraction of sp³-hybridized carbons (Fsp3) is 0.650. The first-order chi connectivity index (χ1) is 11.1. The van der Waals surface area contributed by atoms with Gasteiger partial charge in [-0.15, -0.1) is 0 Å². The summed E-state index contributed by atoms with van der Waals surface area (Å²) in [5.74, 6) is 0.0156. The van der Waals surface area contributed by atoms with Crippen molar-refractivity contribution in [2.75, 3.05) is 13.2 Å². The summed E-state index contributed by atoms with van der Waals surface area (Å²) in [6.07, 6.45) is 13.2. The Labute approximate surface area is 141 Å². The highest BCUT2D eigenvalue weighted by Gasteiger charge is 2.25. The fourth-order valence-electron chi connectivity index (χ4n) is 2.86. The summed E-state index contributed by atoms with van der Waals surface area (Å²) in [6.45, 7) is 6.99. The minimum atomic E-state index is 0.0156. The van der Waals surface area contributed by atoms with Gasteiger partial charge in [-0.2, -0.15) is 0 Å². The highest BCUT2D eigenvalue weighted by molar-refractivity contribution is 5.54. The largest absolute Gasteiger partial charge is 0.392 e. The summed E-state index contributed by atoms with van der Waals surface area (Å²) in [6, 6.07) is 0. The van der Waals surface area contributed by atoms with Gasteiger partial charge in [0.25, 0.3) is 0 Å². The van der Waals surface area contributed by atoms with E-state index >= 15 is 0 Å². The Morgan fingerprint density at radius 3 is 2.65 bits per heavy atom. The zero-order chi connectivity index (χ0) is 17.1. The molecule has 0 spiro atoms. The maximum Gasteiger partial charge on any atom is 0.125 e. The molecule has 1 saturated heterocycles. The van der Waals surface area contributed by atoms with Gasteiger partial charge in [-0.3, -0.25) is 0 Å². The van der Waals surface area contributed by atoms with Crippen LogP contribution in [0.15, 0.2) is 34.9 Å². The van der Waals surface area contributed by atoms with Gasteiger partial charge in [-0.05, 0) is 64.9 Å². The lowest BCUT2D eigenvalue weighted by Crippen LogP contribution is -2.29. The molecule has 0 aromatic heterocycles. The Morgan fingerprint density at radius 1 is 1.30 bits per heavy atom. The first-order valence-corrected chi connectivity index (χ1v) is 8.71. The van der Waals surface area contributed by atoms with Gasteiger partial charge in [0.2, 0.25) is 0 Å². The van der Waals surface area contributed by atoms with Crippen molar-refractivity contribution in [1.82, 2.24) is 0 Å². The molecule has 1 rings (SSSR count). The molecule has 1 fully saturated rings. The number of hydrogen-bond acceptors (Lipinski definition) is 3. The van der Waals surface area contributed by atoms with Gasteiger partial charge >= 0.3 is 0 Å². The smallest absolute Gasteiger partial charge is 0.125 e. The molecule has 2 atom stereocenters. The average Bonchev–Trinajstić information content (AvgIpc) is 2.52. The van der Waals surface area contributed by atoms with E-state index in [2.05, 4.69) is 26.0 Å². The summed E-state index contributed by atoms with van der Waals surface area (Å²) in [4.78, 5) is 11.3. The van der Waals surface area contributed by atoms with E-state index in [-0.39, 0.29) is 18.6 Å². The molecule has 1 heterocycles. The zero-order valence-corrected chi connectivity index (χ0v) is 14.9. The van der Waals surface area contributed by atoms with E-state index in [4.69, 9.17) is 9.84 Å². The van der Waals surface area contributed by atoms with Gasteiger partial charge in [-0.1, -0.05) is 29.4 Å². The van der Waals surface area contributed by atoms with Crippen LogP contribution in [0.3, 0.4) is 0 Å². The number of carbonyl (C=O) groups is 1. The number of allylic oxidation sites excluding steroid dienone is 4. The molecule has 0 amide bonds. The predicted octanol–water partition coefficient (Wildman–Crippen LogP) is 4.37. The lowest BCUT2D eigenvalue weighted by molar-refractivity contribution is -0.117. The van der Waals surface area contributed by atoms with Gasteiger partial charge in [0.05, 0.1) is 19.3 Å². The molecule has 1 aliphatic heterocycles. The minimum absolute atomic E-state index is 0.0156. The van der Waals surface area contributed by atoms with E-state index < -0.39 is 0 Å². The molecule has 0 bridgehead atoms. The quantitative estimate of drug-likeness (QED) is 0.507. The molecule has 0 saturated carbocycles. The highest BCUT2D eigenvalue weighted by atomic mass is 16.5. The van der Waals surface area contributed by atoms with Crippen molar-refractivity contribution in [3.63, 3.8) is 0 Å². The lowest BCUT2D eigenvalue weighted by Gasteiger charge is -2.28. The van der Waals surface area contributed by atoms with Crippen LogP contribution in [-0.4, -0.2) is 30.7 Å². The van der Waals surface area contributed by atoms with E-state index in [0.29, 0.717) is 6.61 Å². The number of carbonyl (C=O) groups excluding carboxylic acids is 1. The molecule has 0 radical (unpaired) electrons. The molecular weight excluding hydrogens is 288 g/mol. The van der Waals surface area contributed by atoms with Crippen molar-refractivity contribution in [2.24, 2.45) is 5.92 Å². The van der Waals surface area contributed by atoms with Crippen molar-refractivity contribution < 1.29 is 14.6 Å². The molecule has 1 aliphatic rings. The molecule has 130 valence electrons. The van der Waals surface area contributed by atoms with E-state index in [1.54, 1.807) is 0 Å². The second-order valence-corrected chi connectivity index (χ2v) is 6.68. The lowest BCUT2D eigenvalue weighted by atomic mass is 9.91. The number of aliphatic hydroxyl groups is 1. The van der Waals surface area contributed by atoms with Crippen molar-refractivity contribution in [3.8, 4) is 0 Å². The molecule has 2 unspecified atom stereocenters. The maximum atomic E-state index is 11.3. The van der Waals surface area contributed by atoms with Gasteiger partial charge in [0.15, 0.2) is 0 Å². The van der Waals surface area contributed by atoms with Crippen molar-refractivity contribution >= 4 is 6.29 Å². The normalized spacial score (nSPS) is 22.0. The van der Waals surface area contributed by atoms with E-state index in [1.807, 2.05) is 13.0 Å². The molecule has 0 aromatic carbocycles. The summed E-state index contributed by atoms with van der Waals surface area (Å²) < 4.78 is 5.93. The number of aldehydes is 1. The van der Waals surface area contributed by atoms with Crippen LogP contribution in [0.4, 0.5) is 0 Å². The molecule has 0 aromatic rings. The third-order valence-corrected chi connectivity index (χ3v) is 4.35. The average molecular weight is 320 g/mol. The second-order valence-electron chi connectivity index (χ2n) is 6.68. The fourth-order valence-corrected chi connectivity index (χ4v) is 2.86. The Hall–Kier alpha value is -1.19. The van der Waals surface area contributed by atoms with Crippen LogP contribution in [0, 0.1) is 5.92 Å². The third kappa shape index (κ3) is 8.29. The summed E-state index contributed by atoms with van der Waals surface area (Å²) in [5, 5.41) is 8.84. The van der Waals surface area contributed by atoms with Crippen molar-refractivity contribution in [2.45, 2.75) is 65.4 Å². The van der Waals surface area contributed by atoms with Crippen LogP contribution in [-0.2, 0) is 9.53 Å². The predicted molar refractivity (Wildman–Crippen MR) is 95.4 cm³/mol. The second kappa shape index (κ2) is 11.4. The maximum absolute atomic E-state index is 11.3. The standard InChI is InChI=1S/C20H32O3/c1-16(2)6-4-9-19(14-22)20-11-10-18(15-23-20)8-5-7-17(3)12-13-21/h6,8,12,14,19-21H,4-5,7,9-11,13,15H2,1-3H3. The number of rotatable bonds is 9. The first kappa shape index (κ1) is 19.9. The summed E-state index contributed by atoms with van der Waals surface area (Å²) >= 11 is 0. The van der Waals surface area contributed by atoms with Crippen LogP contribution in [0.1, 0.15) is 59.3 Å². The van der Waals surface area contributed by atoms with Crippen molar-refractivity contribution in [3.05, 3.63) is 34.9 Å². The molecule has 1 N–H and O–H groups in total. The number of aliphatic hydroxyl groups excluding tert-OH is 1. The van der Waals surface area contributed by atoms with Crippen molar-refractivity contribution in [1.29, 1.82) is 0 Å². The van der Waals surface area contributed by atoms with E-state index in [1.165, 1.54) is 16.7 Å². The van der Waals surface area contributed by atoms with Gasteiger partial charge in [-0.25, -0.2) is 0 Å². The van der Waals surface area contributed by atoms with Crippen LogP contribution in [0.2, 0.25) is 0 Å². The SMILES string of the molecule is CC(C)=CCCC(C=O)C1CCC(=CCCC(C)=CCO)CO1. The monoisotopic (exact) mass is 320 g/mol. The topological polar surface area (TPSA) is 46.5 Å². The Balaban J connectivity index is 2.36. The minimum Gasteiger partial charge on any atom is -0.392 e. The highest BCUT2D eigenvalue weighted by Crippen LogP contribution is 2.26. The Kier molecular flexibility index (Phi) is 9.81. The number of ether oxygens (including phenoxy) is 1. The summed E-state index contributed by atoms with van der Waals surface area (Å²) in [5.41, 5.74) is 3.86. The Bertz CT molecular complexity index is 432. The Morgan fingerprint density at radius 2 is 2.09 bits per heavy atom. The zero-order valence-electron chi connectivity index (χ0n) is 14.9. The van der Waals surface area contributed by atoms with E-state index in [9.17, 15) is 4.79 Å². The number of hydrogen-bond donors (Lipinski definition) is 1. The molecule has 3 heteroatoms. The van der Waals surface area contributed by atoms with Crippen LogP contribution < -0.4 is 0 Å². The van der Waals surface area contributed by atoms with Gasteiger partial charge in [0, 0.05) is 5.92 Å². The first-order valence-electron chi connectivity index (χ1n) is 8.71. The van der Waals surface area contributed by atoms with Crippen LogP contribution >= 0.6 is 0 Å². The molecule has 0 aliphatic carbocycles.